The number of carbonyl (C=O) groups excluding carboxylic acids is 1. The van der Waals surface area contributed by atoms with E-state index in [4.69, 9.17) is 15.6 Å². The molecule has 0 atom stereocenters. The molecule has 0 radical (unpaired) electrons. The van der Waals surface area contributed by atoms with Crippen LogP contribution in [0.4, 0.5) is 10.5 Å². The Hall–Kier alpha value is -2.28. The van der Waals surface area contributed by atoms with Crippen LogP contribution in [0.2, 0.25) is 0 Å². The Labute approximate surface area is 110 Å². The summed E-state index contributed by atoms with van der Waals surface area (Å²) in [6.07, 6.45) is 0.685. The molecule has 0 saturated carbocycles. The number of nitrogens with one attached hydrogen (secondary N) is 2. The van der Waals surface area contributed by atoms with Gasteiger partial charge in [-0.05, 0) is 25.1 Å². The van der Waals surface area contributed by atoms with Crippen molar-refractivity contribution in [1.82, 2.24) is 5.32 Å². The number of amides is 2. The molecule has 0 heterocycles. The number of ether oxygens (including phenoxy) is 1. The van der Waals surface area contributed by atoms with Crippen LogP contribution in [0.1, 0.15) is 6.42 Å². The number of nitrogens with two attached hydrogens (primary N) is 1. The molecule has 0 fully saturated rings. The van der Waals surface area contributed by atoms with E-state index < -0.39 is 12.6 Å². The summed E-state index contributed by atoms with van der Waals surface area (Å²) in [6.45, 7) is 0.507. The lowest BCUT2D eigenvalue weighted by Crippen LogP contribution is -2.30. The van der Waals surface area contributed by atoms with Crippen LogP contribution in [0.25, 0.3) is 0 Å². The van der Waals surface area contributed by atoms with E-state index in [1.807, 2.05) is 0 Å². The summed E-state index contributed by atoms with van der Waals surface area (Å²) in [7, 11) is 0. The molecule has 1 aromatic carbocycles. The number of carboxylic acid groups (broad SMARTS) is 1. The Morgan fingerprint density at radius 1 is 1.32 bits per heavy atom. The summed E-state index contributed by atoms with van der Waals surface area (Å²) < 4.78 is 5.06. The van der Waals surface area contributed by atoms with Crippen LogP contribution < -0.4 is 21.1 Å². The van der Waals surface area contributed by atoms with Crippen molar-refractivity contribution in [3.05, 3.63) is 24.3 Å². The Balaban J connectivity index is 2.56. The molecule has 7 nitrogen and oxygen atoms in total. The van der Waals surface area contributed by atoms with Gasteiger partial charge in [-0.15, -0.1) is 0 Å². The van der Waals surface area contributed by atoms with Crippen molar-refractivity contribution in [1.29, 1.82) is 0 Å². The largest absolute Gasteiger partial charge is 0.480 e. The molecule has 0 aromatic heterocycles. The molecule has 0 spiro atoms. The van der Waals surface area contributed by atoms with Crippen LogP contribution in [0, 0.1) is 0 Å². The van der Waals surface area contributed by atoms with Gasteiger partial charge in [0.25, 0.3) is 0 Å². The van der Waals surface area contributed by atoms with Gasteiger partial charge in [-0.3, -0.25) is 0 Å². The predicted molar refractivity (Wildman–Crippen MR) is 70.3 cm³/mol. The lowest BCUT2D eigenvalue weighted by Gasteiger charge is -2.11. The fraction of sp³-hybridized carbons (Fsp3) is 0.333. The molecule has 2 amide bonds. The number of anilines is 1. The normalized spacial score (nSPS) is 9.74. The van der Waals surface area contributed by atoms with Crippen molar-refractivity contribution in [2.24, 2.45) is 5.73 Å². The molecule has 5 N–H and O–H groups in total. The zero-order chi connectivity index (χ0) is 14.1. The van der Waals surface area contributed by atoms with E-state index >= 15 is 0 Å². The quantitative estimate of drug-likeness (QED) is 0.541. The molecule has 19 heavy (non-hydrogen) atoms. The van der Waals surface area contributed by atoms with E-state index in [1.165, 1.54) is 0 Å². The highest BCUT2D eigenvalue weighted by molar-refractivity contribution is 5.90. The zero-order valence-electron chi connectivity index (χ0n) is 10.4. The third kappa shape index (κ3) is 5.73. The Kier molecular flexibility index (Phi) is 6.17. The fourth-order valence-corrected chi connectivity index (χ4v) is 1.31. The number of carbonyl (C=O) groups is 2. The second kappa shape index (κ2) is 7.93. The third-order valence-corrected chi connectivity index (χ3v) is 2.15. The molecular weight excluding hydrogens is 250 g/mol. The Morgan fingerprint density at radius 3 is 2.74 bits per heavy atom. The minimum atomic E-state index is -1.08. The second-order valence-electron chi connectivity index (χ2n) is 3.70. The Morgan fingerprint density at radius 2 is 2.05 bits per heavy atom. The highest BCUT2D eigenvalue weighted by Crippen LogP contribution is 2.23. The SMILES string of the molecule is NCCCNC(=O)Nc1ccccc1OCC(=O)O. The van der Waals surface area contributed by atoms with Gasteiger partial charge in [-0.2, -0.15) is 0 Å². The van der Waals surface area contributed by atoms with Crippen molar-refractivity contribution < 1.29 is 19.4 Å². The lowest BCUT2D eigenvalue weighted by atomic mass is 10.3. The van der Waals surface area contributed by atoms with Crippen molar-refractivity contribution in [2.75, 3.05) is 25.0 Å². The molecule has 0 unspecified atom stereocenters. The van der Waals surface area contributed by atoms with E-state index in [-0.39, 0.29) is 6.03 Å². The molecule has 7 heteroatoms. The van der Waals surface area contributed by atoms with Gasteiger partial charge < -0.3 is 26.2 Å². The van der Waals surface area contributed by atoms with Gasteiger partial charge in [0.15, 0.2) is 6.61 Å². The zero-order valence-corrected chi connectivity index (χ0v) is 10.4. The lowest BCUT2D eigenvalue weighted by molar-refractivity contribution is -0.139. The number of hydrogen-bond donors (Lipinski definition) is 4. The van der Waals surface area contributed by atoms with E-state index in [1.54, 1.807) is 24.3 Å². The van der Waals surface area contributed by atoms with Crippen LogP contribution >= 0.6 is 0 Å². The Bertz CT molecular complexity index is 437. The molecular formula is C12H17N3O4. The number of urea groups is 1. The number of benzene rings is 1. The van der Waals surface area contributed by atoms with Crippen molar-refractivity contribution in [2.45, 2.75) is 6.42 Å². The summed E-state index contributed by atoms with van der Waals surface area (Å²) >= 11 is 0. The minimum absolute atomic E-state index is 0.305. The van der Waals surface area contributed by atoms with E-state index in [9.17, 15) is 9.59 Å². The first kappa shape index (κ1) is 14.8. The van der Waals surface area contributed by atoms with Crippen LogP contribution in [-0.2, 0) is 4.79 Å². The maximum Gasteiger partial charge on any atom is 0.341 e. The minimum Gasteiger partial charge on any atom is -0.480 e. The van der Waals surface area contributed by atoms with Gasteiger partial charge >= 0.3 is 12.0 Å². The smallest absolute Gasteiger partial charge is 0.341 e. The predicted octanol–water partition coefficient (Wildman–Crippen LogP) is 0.620. The highest BCUT2D eigenvalue weighted by Gasteiger charge is 2.08. The van der Waals surface area contributed by atoms with Crippen LogP contribution in [0.3, 0.4) is 0 Å². The van der Waals surface area contributed by atoms with Gasteiger partial charge in [-0.25, -0.2) is 9.59 Å². The second-order valence-corrected chi connectivity index (χ2v) is 3.70. The highest BCUT2D eigenvalue weighted by atomic mass is 16.5. The maximum atomic E-state index is 11.5. The number of carboxylic acids is 1. The first-order valence-corrected chi connectivity index (χ1v) is 5.82. The van der Waals surface area contributed by atoms with Crippen molar-refractivity contribution in [3.8, 4) is 5.75 Å². The molecule has 1 aromatic rings. The van der Waals surface area contributed by atoms with Gasteiger partial charge in [0.05, 0.1) is 5.69 Å². The summed E-state index contributed by atoms with van der Waals surface area (Å²) in [6, 6.07) is 6.22. The van der Waals surface area contributed by atoms with Gasteiger partial charge in [0, 0.05) is 6.54 Å². The number of rotatable bonds is 7. The molecule has 0 aliphatic rings. The summed E-state index contributed by atoms with van der Waals surface area (Å²) in [5.41, 5.74) is 5.72. The van der Waals surface area contributed by atoms with E-state index in [0.29, 0.717) is 30.9 Å². The fourth-order valence-electron chi connectivity index (χ4n) is 1.31. The molecule has 104 valence electrons. The molecule has 0 bridgehead atoms. The summed E-state index contributed by atoms with van der Waals surface area (Å²) in [5, 5.41) is 13.8. The van der Waals surface area contributed by atoms with Gasteiger partial charge in [-0.1, -0.05) is 12.1 Å². The van der Waals surface area contributed by atoms with E-state index in [2.05, 4.69) is 10.6 Å². The summed E-state index contributed by atoms with van der Waals surface area (Å²) in [5.74, 6) is -0.777. The van der Waals surface area contributed by atoms with Crippen molar-refractivity contribution in [3.63, 3.8) is 0 Å². The number of aliphatic carboxylic acids is 1. The number of para-hydroxylation sites is 2. The average molecular weight is 267 g/mol. The van der Waals surface area contributed by atoms with Crippen LogP contribution in [-0.4, -0.2) is 36.8 Å². The molecule has 0 saturated heterocycles. The third-order valence-electron chi connectivity index (χ3n) is 2.15. The maximum absolute atomic E-state index is 11.5. The van der Waals surface area contributed by atoms with Crippen molar-refractivity contribution >= 4 is 17.7 Å². The first-order chi connectivity index (χ1) is 9.13. The van der Waals surface area contributed by atoms with Crippen LogP contribution in [0.5, 0.6) is 5.75 Å². The molecule has 1 rings (SSSR count). The standard InChI is InChI=1S/C12H17N3O4/c13-6-3-7-14-12(18)15-9-4-1-2-5-10(9)19-8-11(16)17/h1-2,4-5H,3,6-8,13H2,(H,16,17)(H2,14,15,18). The molecule has 0 aliphatic carbocycles. The monoisotopic (exact) mass is 267 g/mol. The molecule has 0 aliphatic heterocycles. The van der Waals surface area contributed by atoms with Crippen LogP contribution in [0.15, 0.2) is 24.3 Å². The average Bonchev–Trinajstić information content (AvgIpc) is 2.38. The summed E-state index contributed by atoms with van der Waals surface area (Å²) in [4.78, 5) is 22.0. The van der Waals surface area contributed by atoms with Gasteiger partial charge in [0.1, 0.15) is 5.75 Å². The van der Waals surface area contributed by atoms with Gasteiger partial charge in [0.2, 0.25) is 0 Å². The van der Waals surface area contributed by atoms with E-state index in [0.717, 1.165) is 0 Å². The topological polar surface area (TPSA) is 114 Å². The first-order valence-electron chi connectivity index (χ1n) is 5.82. The number of hydrogen-bond acceptors (Lipinski definition) is 4.